The lowest BCUT2D eigenvalue weighted by atomic mass is 9.35. The van der Waals surface area contributed by atoms with Crippen molar-refractivity contribution in [3.63, 3.8) is 0 Å². The van der Waals surface area contributed by atoms with Crippen molar-refractivity contribution in [3.8, 4) is 11.5 Å². The van der Waals surface area contributed by atoms with Gasteiger partial charge in [0.05, 0.1) is 21.1 Å². The number of hydrogen-bond donors (Lipinski definition) is 5. The SMILES string of the molecule is CCN1/C(=C/C=C/C=C/C2=[N+](CCCCCC(=O)NCCCCCCNC(=O)[C@H]3CC45CC[C@]3(OC)[C@@H]3Oc6c(O)ccc7c6[C@@]34CCN(C)C5C7)c3ccc(S(=O)(=O)O)cc3C2(C)C)C(C)(C)c2cc(S(=O)(=O)O)ccc21. The van der Waals surface area contributed by atoms with Crippen molar-refractivity contribution in [1.82, 2.24) is 15.5 Å². The molecule has 420 valence electrons. The predicted octanol–water partition coefficient (Wildman–Crippen LogP) is 8.57. The first-order chi connectivity index (χ1) is 37.0. The van der Waals surface area contributed by atoms with E-state index >= 15 is 0 Å². The lowest BCUT2D eigenvalue weighted by molar-refractivity contribution is -0.438. The van der Waals surface area contributed by atoms with E-state index in [1.165, 1.54) is 29.3 Å². The summed E-state index contributed by atoms with van der Waals surface area (Å²) in [5.74, 6) is 0.460. The fourth-order valence-electron chi connectivity index (χ4n) is 15.5. The fraction of sp³-hybridized carbons (Fsp3) is 0.550. The van der Waals surface area contributed by atoms with Crippen LogP contribution in [0.4, 0.5) is 11.4 Å². The Morgan fingerprint density at radius 3 is 2.23 bits per heavy atom. The average molecular weight is 1110 g/mol. The number of anilines is 1. The monoisotopic (exact) mass is 1110 g/mol. The number of nitrogens with one attached hydrogen (secondary N) is 2. The molecule has 2 unspecified atom stereocenters. The summed E-state index contributed by atoms with van der Waals surface area (Å²) in [7, 11) is -4.85. The Bertz CT molecular complexity index is 3280. The van der Waals surface area contributed by atoms with E-state index in [9.17, 15) is 40.6 Å². The lowest BCUT2D eigenvalue weighted by Crippen LogP contribution is -2.81. The zero-order valence-electron chi connectivity index (χ0n) is 46.2. The number of methoxy groups -OCH3 is 1. The maximum Gasteiger partial charge on any atom is 0.294 e. The molecule has 2 amide bonds. The minimum absolute atomic E-state index is 0.0172. The number of carbonyl (C=O) groups excluding carboxylic acids is 2. The molecule has 0 radical (unpaired) electrons. The van der Waals surface area contributed by atoms with Crippen molar-refractivity contribution < 1.29 is 54.7 Å². The predicted molar refractivity (Wildman–Crippen MR) is 299 cm³/mol. The van der Waals surface area contributed by atoms with E-state index in [-0.39, 0.29) is 50.2 Å². The quantitative estimate of drug-likeness (QED) is 0.0293. The molecule has 4 aliphatic heterocycles. The summed E-state index contributed by atoms with van der Waals surface area (Å²) < 4.78 is 83.6. The highest BCUT2D eigenvalue weighted by molar-refractivity contribution is 7.86. The molecule has 4 heterocycles. The Morgan fingerprint density at radius 1 is 0.833 bits per heavy atom. The molecule has 5 N–H and O–H groups in total. The zero-order valence-corrected chi connectivity index (χ0v) is 47.9. The number of carbonyl (C=O) groups is 2. The lowest BCUT2D eigenvalue weighted by Gasteiger charge is -2.73. The second kappa shape index (κ2) is 20.6. The fourth-order valence-corrected chi connectivity index (χ4v) is 16.5. The number of unbranched alkanes of at least 4 members (excludes halogenated alkanes) is 5. The summed E-state index contributed by atoms with van der Waals surface area (Å²) in [6.45, 7) is 13.5. The van der Waals surface area contributed by atoms with Crippen LogP contribution in [0.1, 0.15) is 134 Å². The highest BCUT2D eigenvalue weighted by atomic mass is 32.2. The first kappa shape index (κ1) is 55.9. The van der Waals surface area contributed by atoms with Gasteiger partial charge in [-0.3, -0.25) is 18.7 Å². The third-order valence-corrected chi connectivity index (χ3v) is 21.0. The van der Waals surface area contributed by atoms with Gasteiger partial charge in [-0.1, -0.05) is 51.0 Å². The standard InChI is InChI=1S/C60H77N5O11S2/c1-8-64-45-25-23-40(77(69,70)71)36-42(45)56(2,3)48(64)19-13-11-14-20-49-57(4,5)43-37-41(78(72,73)74)24-26-46(43)65(49)33-18-12-15-21-51(67)61-31-16-9-10-17-32-62-54(68)44-38-58-28-29-60(44,75-7)55-59(58)30-34-63(6)50(58)35-39-22-27-47(66)53(76-55)52(39)59/h11,13-14,19-20,22-27,36-37,44,50,55H,8-10,12,15-18,21,28-35,38H2,1-7H3,(H4-,61,62,66,67,68,69,70,71,72,73,74)/p+1/t44-,50?,55-,58?,59+,60-/m1/s1. The molecule has 4 fully saturated rings. The largest absolute Gasteiger partial charge is 0.504 e. The van der Waals surface area contributed by atoms with Crippen molar-refractivity contribution in [2.75, 3.05) is 51.8 Å². The molecule has 8 aliphatic rings. The number of nitrogens with zero attached hydrogens (tertiary/aromatic N) is 3. The molecule has 3 aromatic carbocycles. The topological polar surface area (TPSA) is 215 Å². The van der Waals surface area contributed by atoms with Crippen LogP contribution in [0, 0.1) is 11.3 Å². The van der Waals surface area contributed by atoms with Crippen LogP contribution in [0.2, 0.25) is 0 Å². The second-order valence-corrected chi connectivity index (χ2v) is 26.8. The van der Waals surface area contributed by atoms with Crippen LogP contribution in [0.3, 0.4) is 0 Å². The van der Waals surface area contributed by atoms with Crippen molar-refractivity contribution in [1.29, 1.82) is 0 Å². The molecule has 11 rings (SSSR count). The van der Waals surface area contributed by atoms with E-state index in [2.05, 4.69) is 38.1 Å². The number of rotatable bonds is 21. The van der Waals surface area contributed by atoms with Gasteiger partial charge in [0.25, 0.3) is 20.2 Å². The van der Waals surface area contributed by atoms with Crippen molar-refractivity contribution in [2.45, 2.75) is 162 Å². The van der Waals surface area contributed by atoms with E-state index in [0.717, 1.165) is 111 Å². The summed E-state index contributed by atoms with van der Waals surface area (Å²) >= 11 is 0. The van der Waals surface area contributed by atoms with E-state index in [4.69, 9.17) is 9.47 Å². The Hall–Kier alpha value is -5.37. The molecule has 18 heteroatoms. The molecular weight excluding hydrogens is 1030 g/mol. The number of piperidine rings is 1. The minimum Gasteiger partial charge on any atom is -0.504 e. The number of phenolic OH excluding ortho intramolecular Hbond substituents is 1. The van der Waals surface area contributed by atoms with Gasteiger partial charge in [-0.15, -0.1) is 0 Å². The van der Waals surface area contributed by atoms with Crippen LogP contribution in [-0.4, -0.2) is 123 Å². The highest BCUT2D eigenvalue weighted by Crippen LogP contribution is 2.76. The highest BCUT2D eigenvalue weighted by Gasteiger charge is 2.81. The summed E-state index contributed by atoms with van der Waals surface area (Å²) in [6.07, 6.45) is 20.0. The number of phenols is 1. The van der Waals surface area contributed by atoms with Gasteiger partial charge < -0.3 is 35.0 Å². The molecule has 6 atom stereocenters. The normalized spacial score (nSPS) is 27.6. The molecule has 16 nitrogen and oxygen atoms in total. The Morgan fingerprint density at radius 2 is 1.53 bits per heavy atom. The van der Waals surface area contributed by atoms with E-state index in [1.807, 2.05) is 65.0 Å². The van der Waals surface area contributed by atoms with Gasteiger partial charge in [0.2, 0.25) is 17.5 Å². The van der Waals surface area contributed by atoms with E-state index in [0.29, 0.717) is 50.8 Å². The molecule has 4 bridgehead atoms. The molecule has 2 spiro atoms. The summed E-state index contributed by atoms with van der Waals surface area (Å²) in [5.41, 5.74) is 5.31. The zero-order chi connectivity index (χ0) is 55.8. The van der Waals surface area contributed by atoms with Gasteiger partial charge in [-0.05, 0) is 146 Å². The minimum atomic E-state index is -4.43. The van der Waals surface area contributed by atoms with E-state index < -0.39 is 36.7 Å². The number of allylic oxidation sites excluding steroid dienone is 6. The number of likely N-dealkylation sites (N-methyl/N-ethyl adjacent to an activating group) is 2. The molecule has 0 aromatic heterocycles. The maximum absolute atomic E-state index is 14.3. The third-order valence-electron chi connectivity index (χ3n) is 19.3. The Kier molecular flexibility index (Phi) is 14.8. The molecule has 4 aliphatic carbocycles. The number of benzene rings is 3. The van der Waals surface area contributed by atoms with Crippen LogP contribution in [0.5, 0.6) is 11.5 Å². The average Bonchev–Trinajstić information content (AvgIpc) is 4.15. The van der Waals surface area contributed by atoms with Gasteiger partial charge in [0.15, 0.2) is 17.2 Å². The maximum atomic E-state index is 14.3. The number of aromatic hydroxyl groups is 1. The van der Waals surface area contributed by atoms with Gasteiger partial charge in [-0.2, -0.15) is 21.4 Å². The van der Waals surface area contributed by atoms with Crippen LogP contribution in [0.25, 0.3) is 0 Å². The summed E-state index contributed by atoms with van der Waals surface area (Å²) in [5, 5.41) is 17.4. The van der Waals surface area contributed by atoms with Gasteiger partial charge in [0, 0.05) is 96.5 Å². The van der Waals surface area contributed by atoms with Gasteiger partial charge in [-0.25, -0.2) is 0 Å². The first-order valence-electron chi connectivity index (χ1n) is 28.0. The second-order valence-electron chi connectivity index (χ2n) is 23.9. The van der Waals surface area contributed by atoms with Crippen LogP contribution in [0.15, 0.2) is 94.4 Å². The summed E-state index contributed by atoms with van der Waals surface area (Å²) in [4.78, 5) is 31.5. The van der Waals surface area contributed by atoms with Crippen LogP contribution >= 0.6 is 0 Å². The number of amides is 2. The molecule has 3 aromatic rings. The number of likely N-dealkylation sites (tertiary alicyclic amines) is 1. The van der Waals surface area contributed by atoms with Crippen LogP contribution < -0.4 is 20.3 Å². The summed E-state index contributed by atoms with van der Waals surface area (Å²) in [6, 6.07) is 13.5. The molecular formula is C60H78N5O11S2+. The molecule has 1 saturated heterocycles. The van der Waals surface area contributed by atoms with Crippen molar-refractivity contribution >= 4 is 49.1 Å². The Labute approximate surface area is 460 Å². The van der Waals surface area contributed by atoms with Gasteiger partial charge >= 0.3 is 0 Å². The number of ether oxygens (including phenoxy) is 2. The smallest absolute Gasteiger partial charge is 0.294 e. The third kappa shape index (κ3) is 9.04. The molecule has 78 heavy (non-hydrogen) atoms. The van der Waals surface area contributed by atoms with Crippen molar-refractivity contribution in [2.24, 2.45) is 11.3 Å². The van der Waals surface area contributed by atoms with E-state index in [1.54, 1.807) is 31.4 Å². The first-order valence-corrected chi connectivity index (χ1v) is 30.9. The molecule has 3 saturated carbocycles. The van der Waals surface area contributed by atoms with Crippen molar-refractivity contribution in [3.05, 3.63) is 107 Å². The van der Waals surface area contributed by atoms with Crippen LogP contribution in [-0.2, 0) is 57.2 Å². The Balaban J connectivity index is 0.689. The van der Waals surface area contributed by atoms with Gasteiger partial charge in [0.1, 0.15) is 18.2 Å². The number of fused-ring (bicyclic) bond motifs is 4. The number of hydrogen-bond acceptors (Lipinski definition) is 11.